The Hall–Kier alpha value is -2.29. The number of hydrogen-bond acceptors (Lipinski definition) is 2. The lowest BCUT2D eigenvalue weighted by Gasteiger charge is -2.20. The predicted octanol–water partition coefficient (Wildman–Crippen LogP) is 4.61. The number of carboxylic acids is 1. The van der Waals surface area contributed by atoms with Crippen LogP contribution < -0.4 is 4.74 Å². The van der Waals surface area contributed by atoms with Crippen molar-refractivity contribution in [3.05, 3.63) is 63.2 Å². The van der Waals surface area contributed by atoms with Gasteiger partial charge in [-0.2, -0.15) is 0 Å². The Balaban J connectivity index is 2.34. The minimum absolute atomic E-state index is 0.361. The summed E-state index contributed by atoms with van der Waals surface area (Å²) in [5, 5.41) is 9.64. The molecule has 0 saturated heterocycles. The number of rotatable bonds is 5. The molecule has 0 bridgehead atoms. The van der Waals surface area contributed by atoms with Crippen LogP contribution in [-0.4, -0.2) is 17.2 Å². The van der Waals surface area contributed by atoms with Gasteiger partial charge in [-0.1, -0.05) is 23.8 Å². The summed E-state index contributed by atoms with van der Waals surface area (Å²) in [7, 11) is 0. The predicted molar refractivity (Wildman–Crippen MR) is 97.1 cm³/mol. The molecule has 0 fully saturated rings. The Bertz CT molecular complexity index is 752. The third-order valence-corrected chi connectivity index (χ3v) is 4.54. The minimum atomic E-state index is -0.937. The Morgan fingerprint density at radius 3 is 1.96 bits per heavy atom. The first-order valence-electron chi connectivity index (χ1n) is 8.23. The first kappa shape index (κ1) is 18.1. The summed E-state index contributed by atoms with van der Waals surface area (Å²) in [5.74, 6) is -0.282. The standard InChI is InChI=1S/C21H26O3/c1-12-8-15(4)18(16(5)9-12)11-20(21(22)23)24-19-10-13(2)7-14(3)17(19)6/h7-10,20H,11H2,1-6H3,(H,22,23)/t20-/m0/s1. The molecule has 0 aromatic heterocycles. The average molecular weight is 326 g/mol. The summed E-state index contributed by atoms with van der Waals surface area (Å²) in [6, 6.07) is 8.16. The van der Waals surface area contributed by atoms with Gasteiger partial charge in [0.25, 0.3) is 0 Å². The molecule has 0 aliphatic heterocycles. The Morgan fingerprint density at radius 1 is 0.917 bits per heavy atom. The molecule has 0 radical (unpaired) electrons. The molecule has 1 atom stereocenters. The Morgan fingerprint density at radius 2 is 1.42 bits per heavy atom. The summed E-state index contributed by atoms with van der Waals surface area (Å²) in [5.41, 5.74) is 7.63. The maximum Gasteiger partial charge on any atom is 0.345 e. The summed E-state index contributed by atoms with van der Waals surface area (Å²) in [6.07, 6.45) is -0.537. The molecular formula is C21H26O3. The summed E-state index contributed by atoms with van der Waals surface area (Å²) < 4.78 is 5.91. The fourth-order valence-electron chi connectivity index (χ4n) is 3.17. The third-order valence-electron chi connectivity index (χ3n) is 4.54. The number of aryl methyl sites for hydroxylation is 5. The zero-order chi connectivity index (χ0) is 18.0. The zero-order valence-corrected chi connectivity index (χ0v) is 15.4. The molecule has 24 heavy (non-hydrogen) atoms. The van der Waals surface area contributed by atoms with Gasteiger partial charge < -0.3 is 9.84 Å². The molecule has 1 N–H and O–H groups in total. The maximum atomic E-state index is 11.8. The van der Waals surface area contributed by atoms with E-state index in [1.54, 1.807) is 0 Å². The van der Waals surface area contributed by atoms with Gasteiger partial charge in [-0.3, -0.25) is 0 Å². The molecule has 0 spiro atoms. The van der Waals surface area contributed by atoms with Crippen LogP contribution in [0.4, 0.5) is 0 Å². The molecule has 2 rings (SSSR count). The summed E-state index contributed by atoms with van der Waals surface area (Å²) in [4.78, 5) is 11.8. The Labute approximate surface area is 144 Å². The number of carboxylic acid groups (broad SMARTS) is 1. The van der Waals surface area contributed by atoms with Crippen molar-refractivity contribution < 1.29 is 14.6 Å². The van der Waals surface area contributed by atoms with Gasteiger partial charge in [0.05, 0.1) is 0 Å². The van der Waals surface area contributed by atoms with E-state index in [-0.39, 0.29) is 0 Å². The van der Waals surface area contributed by atoms with Gasteiger partial charge in [-0.05, 0) is 81.0 Å². The monoisotopic (exact) mass is 326 g/mol. The normalized spacial score (nSPS) is 12.1. The van der Waals surface area contributed by atoms with Crippen molar-refractivity contribution in [2.45, 2.75) is 54.1 Å². The lowest BCUT2D eigenvalue weighted by atomic mass is 9.95. The second-order valence-electron chi connectivity index (χ2n) is 6.73. The highest BCUT2D eigenvalue weighted by molar-refractivity contribution is 5.73. The fraction of sp³-hybridized carbons (Fsp3) is 0.381. The van der Waals surface area contributed by atoms with E-state index in [9.17, 15) is 9.90 Å². The highest BCUT2D eigenvalue weighted by atomic mass is 16.5. The quantitative estimate of drug-likeness (QED) is 0.872. The molecule has 0 saturated carbocycles. The minimum Gasteiger partial charge on any atom is -0.478 e. The molecule has 3 heteroatoms. The summed E-state index contributed by atoms with van der Waals surface area (Å²) in [6.45, 7) is 12.1. The average Bonchev–Trinajstić information content (AvgIpc) is 2.45. The van der Waals surface area contributed by atoms with Crippen LogP contribution in [0.1, 0.15) is 38.9 Å². The molecular weight excluding hydrogens is 300 g/mol. The first-order chi connectivity index (χ1) is 11.2. The molecule has 128 valence electrons. The van der Waals surface area contributed by atoms with Crippen molar-refractivity contribution in [1.82, 2.24) is 0 Å². The molecule has 2 aromatic carbocycles. The maximum absolute atomic E-state index is 11.8. The van der Waals surface area contributed by atoms with E-state index in [4.69, 9.17) is 4.74 Å². The van der Waals surface area contributed by atoms with Crippen LogP contribution in [0, 0.1) is 41.5 Å². The second-order valence-corrected chi connectivity index (χ2v) is 6.73. The van der Waals surface area contributed by atoms with Gasteiger partial charge in [0.1, 0.15) is 5.75 Å². The largest absolute Gasteiger partial charge is 0.478 e. The number of carbonyl (C=O) groups is 1. The van der Waals surface area contributed by atoms with E-state index in [2.05, 4.69) is 18.2 Å². The van der Waals surface area contributed by atoms with Crippen LogP contribution >= 0.6 is 0 Å². The molecule has 0 aliphatic carbocycles. The van der Waals surface area contributed by atoms with Gasteiger partial charge in [-0.15, -0.1) is 0 Å². The van der Waals surface area contributed by atoms with E-state index < -0.39 is 12.1 Å². The van der Waals surface area contributed by atoms with Crippen molar-refractivity contribution in [3.63, 3.8) is 0 Å². The van der Waals surface area contributed by atoms with Gasteiger partial charge in [0.2, 0.25) is 0 Å². The molecule has 0 amide bonds. The first-order valence-corrected chi connectivity index (χ1v) is 8.23. The fourth-order valence-corrected chi connectivity index (χ4v) is 3.17. The van der Waals surface area contributed by atoms with Crippen LogP contribution in [0.5, 0.6) is 5.75 Å². The van der Waals surface area contributed by atoms with E-state index in [1.807, 2.05) is 47.6 Å². The van der Waals surface area contributed by atoms with Crippen LogP contribution in [0.3, 0.4) is 0 Å². The lowest BCUT2D eigenvalue weighted by molar-refractivity contribution is -0.145. The number of ether oxygens (including phenoxy) is 1. The highest BCUT2D eigenvalue weighted by Gasteiger charge is 2.23. The SMILES string of the molecule is Cc1cc(C)c(C[C@H](Oc2cc(C)cc(C)c2C)C(=O)O)c(C)c1. The third kappa shape index (κ3) is 3.97. The molecule has 0 unspecified atom stereocenters. The van der Waals surface area contributed by atoms with E-state index in [0.29, 0.717) is 12.2 Å². The molecule has 0 heterocycles. The van der Waals surface area contributed by atoms with Crippen molar-refractivity contribution in [1.29, 1.82) is 0 Å². The van der Waals surface area contributed by atoms with Gasteiger partial charge >= 0.3 is 5.97 Å². The summed E-state index contributed by atoms with van der Waals surface area (Å²) >= 11 is 0. The van der Waals surface area contributed by atoms with Crippen LogP contribution in [-0.2, 0) is 11.2 Å². The van der Waals surface area contributed by atoms with Crippen molar-refractivity contribution >= 4 is 5.97 Å². The number of benzene rings is 2. The Kier molecular flexibility index (Phi) is 5.33. The van der Waals surface area contributed by atoms with E-state index in [0.717, 1.165) is 33.4 Å². The van der Waals surface area contributed by atoms with Crippen molar-refractivity contribution in [2.24, 2.45) is 0 Å². The molecule has 3 nitrogen and oxygen atoms in total. The second kappa shape index (κ2) is 7.08. The van der Waals surface area contributed by atoms with E-state index >= 15 is 0 Å². The van der Waals surface area contributed by atoms with E-state index in [1.165, 1.54) is 5.56 Å². The number of aliphatic carboxylic acids is 1. The van der Waals surface area contributed by atoms with Crippen LogP contribution in [0.2, 0.25) is 0 Å². The molecule has 0 aliphatic rings. The smallest absolute Gasteiger partial charge is 0.345 e. The van der Waals surface area contributed by atoms with Crippen LogP contribution in [0.25, 0.3) is 0 Å². The van der Waals surface area contributed by atoms with Crippen molar-refractivity contribution in [3.8, 4) is 5.75 Å². The highest BCUT2D eigenvalue weighted by Crippen LogP contribution is 2.26. The van der Waals surface area contributed by atoms with Crippen molar-refractivity contribution in [2.75, 3.05) is 0 Å². The van der Waals surface area contributed by atoms with Gasteiger partial charge in [0, 0.05) is 6.42 Å². The lowest BCUT2D eigenvalue weighted by Crippen LogP contribution is -2.30. The topological polar surface area (TPSA) is 46.5 Å². The zero-order valence-electron chi connectivity index (χ0n) is 15.4. The number of hydrogen-bond donors (Lipinski definition) is 1. The van der Waals surface area contributed by atoms with Gasteiger partial charge in [-0.25, -0.2) is 4.79 Å². The van der Waals surface area contributed by atoms with Gasteiger partial charge in [0.15, 0.2) is 6.10 Å². The van der Waals surface area contributed by atoms with Crippen LogP contribution in [0.15, 0.2) is 24.3 Å². The molecule has 2 aromatic rings.